The highest BCUT2D eigenvalue weighted by Gasteiger charge is 2.05. The average molecular weight is 179 g/mol. The maximum absolute atomic E-state index is 11.2. The Morgan fingerprint density at radius 1 is 1.31 bits per heavy atom. The summed E-state index contributed by atoms with van der Waals surface area (Å²) in [6, 6.07) is 9.69. The minimum Gasteiger partial charge on any atom is -0.349 e. The van der Waals surface area contributed by atoms with Gasteiger partial charge >= 0.3 is 0 Å². The van der Waals surface area contributed by atoms with Crippen molar-refractivity contribution in [1.29, 1.82) is 0 Å². The Hall–Kier alpha value is -0.860. The molecule has 0 fully saturated rings. The van der Waals surface area contributed by atoms with Crippen LogP contribution in [0.2, 0.25) is 0 Å². The summed E-state index contributed by atoms with van der Waals surface area (Å²) in [5.41, 5.74) is 1.04. The molecule has 0 bridgehead atoms. The van der Waals surface area contributed by atoms with Crippen LogP contribution in [0.5, 0.6) is 0 Å². The number of benzene rings is 1. The van der Waals surface area contributed by atoms with Crippen LogP contribution < -0.4 is 0 Å². The van der Waals surface area contributed by atoms with E-state index in [-0.39, 0.29) is 0 Å². The number of ether oxygens (including phenoxy) is 1. The molecule has 0 amide bonds. The van der Waals surface area contributed by atoms with Crippen molar-refractivity contribution in [1.82, 2.24) is 0 Å². The van der Waals surface area contributed by atoms with Crippen LogP contribution in [-0.2, 0) is 16.3 Å². The zero-order valence-electron chi connectivity index (χ0n) is 7.90. The highest BCUT2D eigenvalue weighted by atomic mass is 16.6. The van der Waals surface area contributed by atoms with Gasteiger partial charge < -0.3 is 4.74 Å². The summed E-state index contributed by atoms with van der Waals surface area (Å²) >= 11 is 0. The second kappa shape index (κ2) is 5.73. The van der Waals surface area contributed by atoms with E-state index in [2.05, 4.69) is 0 Å². The molecule has 1 atom stereocenters. The molecule has 1 radical (unpaired) electrons. The van der Waals surface area contributed by atoms with Crippen LogP contribution in [0.4, 0.5) is 0 Å². The lowest BCUT2D eigenvalue weighted by atomic mass is 10.1. The van der Waals surface area contributed by atoms with Crippen molar-refractivity contribution in [3.63, 3.8) is 0 Å². The van der Waals surface area contributed by atoms with Crippen LogP contribution in [0.25, 0.3) is 0 Å². The van der Waals surface area contributed by atoms with Crippen molar-refractivity contribution < 1.29 is 9.84 Å². The molecule has 1 aromatic rings. The van der Waals surface area contributed by atoms with Crippen molar-refractivity contribution in [2.24, 2.45) is 0 Å². The molecule has 71 valence electrons. The molecule has 0 saturated heterocycles. The van der Waals surface area contributed by atoms with Crippen LogP contribution in [0.15, 0.2) is 30.3 Å². The van der Waals surface area contributed by atoms with Crippen molar-refractivity contribution in [3.05, 3.63) is 35.9 Å². The van der Waals surface area contributed by atoms with E-state index in [4.69, 9.17) is 4.74 Å². The lowest BCUT2D eigenvalue weighted by Gasteiger charge is -2.08. The quantitative estimate of drug-likeness (QED) is 0.638. The van der Waals surface area contributed by atoms with Gasteiger partial charge in [-0.2, -0.15) is 0 Å². The first kappa shape index (κ1) is 10.2. The lowest BCUT2D eigenvalue weighted by Crippen LogP contribution is -2.13. The zero-order valence-corrected chi connectivity index (χ0v) is 7.90. The monoisotopic (exact) mass is 179 g/mol. The topological polar surface area (TPSA) is 29.1 Å². The molecule has 0 N–H and O–H groups in total. The molecule has 0 aliphatic carbocycles. The van der Waals surface area contributed by atoms with E-state index in [1.165, 1.54) is 0 Å². The third-order valence-corrected chi connectivity index (χ3v) is 1.75. The van der Waals surface area contributed by atoms with Gasteiger partial charge in [0.05, 0.1) is 0 Å². The van der Waals surface area contributed by atoms with Crippen molar-refractivity contribution in [3.8, 4) is 0 Å². The first-order valence-electron chi connectivity index (χ1n) is 4.64. The summed E-state index contributed by atoms with van der Waals surface area (Å²) < 4.78 is 5.04. The van der Waals surface area contributed by atoms with Gasteiger partial charge in [0.1, 0.15) is 0 Å². The second-order valence-electron chi connectivity index (χ2n) is 2.99. The first-order valence-corrected chi connectivity index (χ1v) is 4.64. The molecule has 2 nitrogen and oxygen atoms in total. The standard InChI is InChI=1S/C11H15O2/c1-2-8-13-11(12)9-10-6-4-3-5-7-10/h3-7,11H,2,8-9H2,1H3/t11-/m0/s1. The van der Waals surface area contributed by atoms with E-state index < -0.39 is 6.29 Å². The lowest BCUT2D eigenvalue weighted by molar-refractivity contribution is -0.138. The highest BCUT2D eigenvalue weighted by Crippen LogP contribution is 2.04. The van der Waals surface area contributed by atoms with Crippen molar-refractivity contribution >= 4 is 0 Å². The Morgan fingerprint density at radius 2 is 2.00 bits per heavy atom. The van der Waals surface area contributed by atoms with Crippen molar-refractivity contribution in [2.45, 2.75) is 26.1 Å². The molecule has 13 heavy (non-hydrogen) atoms. The van der Waals surface area contributed by atoms with Crippen molar-refractivity contribution in [2.75, 3.05) is 6.61 Å². The normalized spacial score (nSPS) is 12.8. The van der Waals surface area contributed by atoms with Gasteiger partial charge in [-0.15, -0.1) is 0 Å². The van der Waals surface area contributed by atoms with Crippen LogP contribution in [0.3, 0.4) is 0 Å². The Bertz CT molecular complexity index is 221. The van der Waals surface area contributed by atoms with Gasteiger partial charge in [0, 0.05) is 13.0 Å². The van der Waals surface area contributed by atoms with Gasteiger partial charge in [-0.05, 0) is 12.0 Å². The van der Waals surface area contributed by atoms with E-state index in [1.54, 1.807) is 0 Å². The summed E-state index contributed by atoms with van der Waals surface area (Å²) in [5.74, 6) is 0. The van der Waals surface area contributed by atoms with E-state index in [1.807, 2.05) is 37.3 Å². The van der Waals surface area contributed by atoms with Gasteiger partial charge in [-0.3, -0.25) is 0 Å². The van der Waals surface area contributed by atoms with Crippen LogP contribution in [0, 0.1) is 0 Å². The maximum Gasteiger partial charge on any atom is 0.195 e. The fourth-order valence-corrected chi connectivity index (χ4v) is 1.11. The first-order chi connectivity index (χ1) is 6.33. The minimum absolute atomic E-state index is 0.459. The predicted molar refractivity (Wildman–Crippen MR) is 50.9 cm³/mol. The SMILES string of the molecule is CCCO[C@H]([O])Cc1ccccc1. The number of hydrogen-bond acceptors (Lipinski definition) is 1. The highest BCUT2D eigenvalue weighted by molar-refractivity contribution is 5.14. The smallest absolute Gasteiger partial charge is 0.195 e. The number of rotatable bonds is 5. The molecule has 0 aromatic heterocycles. The fraction of sp³-hybridized carbons (Fsp3) is 0.455. The Kier molecular flexibility index (Phi) is 4.50. The molecule has 2 heteroatoms. The fourth-order valence-electron chi connectivity index (χ4n) is 1.11. The largest absolute Gasteiger partial charge is 0.349 e. The van der Waals surface area contributed by atoms with Gasteiger partial charge in [0.15, 0.2) is 6.29 Å². The van der Waals surface area contributed by atoms with Gasteiger partial charge in [-0.25, -0.2) is 5.11 Å². The van der Waals surface area contributed by atoms with E-state index >= 15 is 0 Å². The Balaban J connectivity index is 2.32. The summed E-state index contributed by atoms with van der Waals surface area (Å²) in [7, 11) is 0. The third-order valence-electron chi connectivity index (χ3n) is 1.75. The van der Waals surface area contributed by atoms with E-state index in [0.717, 1.165) is 12.0 Å². The molecule has 1 aromatic carbocycles. The van der Waals surface area contributed by atoms with Crippen LogP contribution in [0.1, 0.15) is 18.9 Å². The van der Waals surface area contributed by atoms with Gasteiger partial charge in [0.25, 0.3) is 0 Å². The Morgan fingerprint density at radius 3 is 2.62 bits per heavy atom. The molecule has 1 rings (SSSR count). The summed E-state index contributed by atoms with van der Waals surface area (Å²) in [6.45, 7) is 2.55. The second-order valence-corrected chi connectivity index (χ2v) is 2.99. The van der Waals surface area contributed by atoms with E-state index in [9.17, 15) is 5.11 Å². The Labute approximate surface area is 79.2 Å². The average Bonchev–Trinajstić information content (AvgIpc) is 2.16. The minimum atomic E-state index is -0.914. The van der Waals surface area contributed by atoms with Crippen LogP contribution in [-0.4, -0.2) is 12.9 Å². The molecule has 0 saturated carbocycles. The molecule has 0 heterocycles. The summed E-state index contributed by atoms with van der Waals surface area (Å²) in [4.78, 5) is 0. The zero-order chi connectivity index (χ0) is 9.52. The number of hydrogen-bond donors (Lipinski definition) is 0. The molecular weight excluding hydrogens is 164 g/mol. The van der Waals surface area contributed by atoms with Gasteiger partial charge in [0.2, 0.25) is 0 Å². The summed E-state index contributed by atoms with van der Waals surface area (Å²) in [6.07, 6.45) is 0.441. The van der Waals surface area contributed by atoms with Crippen LogP contribution >= 0.6 is 0 Å². The third kappa shape index (κ3) is 4.06. The summed E-state index contributed by atoms with van der Waals surface area (Å²) in [5, 5.41) is 11.2. The maximum atomic E-state index is 11.2. The van der Waals surface area contributed by atoms with Gasteiger partial charge in [-0.1, -0.05) is 37.3 Å². The molecule has 0 aliphatic heterocycles. The molecule has 0 unspecified atom stereocenters. The predicted octanol–water partition coefficient (Wildman–Crippen LogP) is 2.41. The van der Waals surface area contributed by atoms with E-state index in [0.29, 0.717) is 13.0 Å². The molecule has 0 aliphatic rings. The molecule has 0 spiro atoms. The molecular formula is C11H15O2.